The number of unbranched alkanes of at least 4 members (excludes halogenated alkanes) is 1. The van der Waals surface area contributed by atoms with Crippen molar-refractivity contribution in [2.24, 2.45) is 5.92 Å². The van der Waals surface area contributed by atoms with Crippen LogP contribution < -0.4 is 15.1 Å². The fraction of sp³-hybridized carbons (Fsp3) is 0.800. The molecule has 2 aliphatic heterocycles. The number of nitrogens with zero attached hydrogens (tertiary/aromatic N) is 5. The van der Waals surface area contributed by atoms with Crippen LogP contribution in [-0.2, 0) is 9.59 Å². The van der Waals surface area contributed by atoms with Gasteiger partial charge in [-0.25, -0.2) is 0 Å². The normalized spacial score (nSPS) is 20.0. The van der Waals surface area contributed by atoms with E-state index in [0.29, 0.717) is 24.6 Å². The summed E-state index contributed by atoms with van der Waals surface area (Å²) < 4.78 is 0. The van der Waals surface area contributed by atoms with E-state index in [4.69, 9.17) is 0 Å². The Kier molecular flexibility index (Phi) is 8.23. The molecule has 8 nitrogen and oxygen atoms in total. The number of rotatable bonds is 10. The molecule has 0 spiro atoms. The second-order valence-corrected chi connectivity index (χ2v) is 8.81. The number of aromatic nitrogens is 2. The highest BCUT2D eigenvalue weighted by Crippen LogP contribution is 2.32. The summed E-state index contributed by atoms with van der Waals surface area (Å²) >= 11 is 1.46. The topological polar surface area (TPSA) is 81.7 Å². The van der Waals surface area contributed by atoms with Crippen LogP contribution >= 0.6 is 11.3 Å². The smallest absolute Gasteiger partial charge is 0.228 e. The predicted octanol–water partition coefficient (Wildman–Crippen LogP) is 2.12. The quantitative estimate of drug-likeness (QED) is 0.622. The van der Waals surface area contributed by atoms with Gasteiger partial charge in [-0.1, -0.05) is 31.6 Å². The third-order valence-electron chi connectivity index (χ3n) is 5.77. The summed E-state index contributed by atoms with van der Waals surface area (Å²) in [5, 5.41) is 13.1. The van der Waals surface area contributed by atoms with E-state index in [0.717, 1.165) is 57.1 Å². The van der Waals surface area contributed by atoms with Crippen LogP contribution in [-0.4, -0.2) is 72.7 Å². The number of amides is 2. The van der Waals surface area contributed by atoms with Crippen LogP contribution in [0.3, 0.4) is 0 Å². The number of anilines is 2. The number of nitrogens with one attached hydrogen (secondary N) is 1. The first-order chi connectivity index (χ1) is 14.1. The van der Waals surface area contributed by atoms with Gasteiger partial charge in [-0.15, -0.1) is 10.2 Å². The zero-order valence-electron chi connectivity index (χ0n) is 17.7. The maximum absolute atomic E-state index is 12.7. The van der Waals surface area contributed by atoms with E-state index in [2.05, 4.69) is 39.2 Å². The molecule has 2 fully saturated rings. The molecular formula is C20H34N6O2S. The van der Waals surface area contributed by atoms with E-state index < -0.39 is 0 Å². The van der Waals surface area contributed by atoms with Gasteiger partial charge in [0.05, 0.1) is 5.92 Å². The van der Waals surface area contributed by atoms with Crippen molar-refractivity contribution < 1.29 is 9.59 Å². The number of carbonyl (C=O) groups is 2. The molecule has 0 radical (unpaired) electrons. The maximum Gasteiger partial charge on any atom is 0.228 e. The Labute approximate surface area is 177 Å². The molecule has 0 bridgehead atoms. The Morgan fingerprint density at radius 1 is 1.21 bits per heavy atom. The lowest BCUT2D eigenvalue weighted by Crippen LogP contribution is -2.44. The highest BCUT2D eigenvalue weighted by Gasteiger charge is 2.30. The van der Waals surface area contributed by atoms with Gasteiger partial charge in [0.25, 0.3) is 0 Å². The van der Waals surface area contributed by atoms with E-state index in [1.54, 1.807) is 4.90 Å². The minimum absolute atomic E-state index is 0.0183. The van der Waals surface area contributed by atoms with Gasteiger partial charge in [0, 0.05) is 39.1 Å². The largest absolute Gasteiger partial charge is 0.355 e. The fourth-order valence-corrected chi connectivity index (χ4v) is 4.88. The molecule has 2 aliphatic rings. The van der Waals surface area contributed by atoms with Gasteiger partial charge >= 0.3 is 0 Å². The summed E-state index contributed by atoms with van der Waals surface area (Å²) in [7, 11) is 0. The summed E-state index contributed by atoms with van der Waals surface area (Å²) in [4.78, 5) is 30.9. The number of hydrogen-bond acceptors (Lipinski definition) is 7. The van der Waals surface area contributed by atoms with Gasteiger partial charge in [-0.3, -0.25) is 14.5 Å². The molecule has 3 rings (SSSR count). The van der Waals surface area contributed by atoms with Crippen molar-refractivity contribution in [3.05, 3.63) is 0 Å². The van der Waals surface area contributed by atoms with Crippen molar-refractivity contribution in [1.29, 1.82) is 0 Å². The molecule has 1 aromatic rings. The number of piperidine rings is 1. The van der Waals surface area contributed by atoms with Crippen LogP contribution in [0.25, 0.3) is 0 Å². The average Bonchev–Trinajstić information content (AvgIpc) is 3.39. The average molecular weight is 423 g/mol. The van der Waals surface area contributed by atoms with Gasteiger partial charge in [0.2, 0.25) is 22.1 Å². The third kappa shape index (κ3) is 5.88. The van der Waals surface area contributed by atoms with E-state index in [-0.39, 0.29) is 17.7 Å². The summed E-state index contributed by atoms with van der Waals surface area (Å²) in [6, 6.07) is 0. The summed E-state index contributed by atoms with van der Waals surface area (Å²) in [6.07, 6.45) is 5.74. The van der Waals surface area contributed by atoms with Crippen LogP contribution in [0.2, 0.25) is 0 Å². The Hall–Kier alpha value is -1.74. The molecule has 0 aromatic carbocycles. The van der Waals surface area contributed by atoms with Crippen molar-refractivity contribution in [2.45, 2.75) is 52.4 Å². The van der Waals surface area contributed by atoms with E-state index in [1.807, 2.05) is 0 Å². The lowest BCUT2D eigenvalue weighted by atomic mass is 9.97. The van der Waals surface area contributed by atoms with Gasteiger partial charge in [-0.2, -0.15) is 0 Å². The number of hydrogen-bond donors (Lipinski definition) is 1. The molecule has 2 amide bonds. The Morgan fingerprint density at radius 3 is 2.76 bits per heavy atom. The first kappa shape index (κ1) is 22.0. The summed E-state index contributed by atoms with van der Waals surface area (Å²) in [5.41, 5.74) is 0. The van der Waals surface area contributed by atoms with Crippen LogP contribution in [0.15, 0.2) is 0 Å². The molecule has 1 N–H and O–H groups in total. The summed E-state index contributed by atoms with van der Waals surface area (Å²) in [6.45, 7) is 10.4. The monoisotopic (exact) mass is 422 g/mol. The van der Waals surface area contributed by atoms with Gasteiger partial charge < -0.3 is 15.1 Å². The van der Waals surface area contributed by atoms with Gasteiger partial charge in [0.15, 0.2) is 0 Å². The number of carbonyl (C=O) groups excluding carboxylic acids is 2. The molecule has 2 saturated heterocycles. The summed E-state index contributed by atoms with van der Waals surface area (Å²) in [5.74, 6) is 0.250. The Balaban J connectivity index is 1.48. The Morgan fingerprint density at radius 2 is 2.03 bits per heavy atom. The first-order valence-electron chi connectivity index (χ1n) is 11.0. The lowest BCUT2D eigenvalue weighted by molar-refractivity contribution is -0.125. The molecule has 3 heterocycles. The third-order valence-corrected chi connectivity index (χ3v) is 6.78. The SMILES string of the molecule is CCCCN(CC)CCNC(=O)[C@@H]1CCCN(c2nnc(N3CCCC3=O)s2)C1. The molecule has 0 aliphatic carbocycles. The van der Waals surface area contributed by atoms with Crippen molar-refractivity contribution in [3.8, 4) is 0 Å². The lowest BCUT2D eigenvalue weighted by Gasteiger charge is -2.31. The predicted molar refractivity (Wildman–Crippen MR) is 116 cm³/mol. The van der Waals surface area contributed by atoms with E-state index in [1.165, 1.54) is 24.2 Å². The van der Waals surface area contributed by atoms with E-state index >= 15 is 0 Å². The first-order valence-corrected chi connectivity index (χ1v) is 11.8. The van der Waals surface area contributed by atoms with Crippen LogP contribution in [0.1, 0.15) is 52.4 Å². The second kappa shape index (κ2) is 10.9. The van der Waals surface area contributed by atoms with Crippen molar-refractivity contribution in [1.82, 2.24) is 20.4 Å². The molecule has 0 saturated carbocycles. The molecule has 1 aromatic heterocycles. The minimum atomic E-state index is -0.0183. The number of likely N-dealkylation sites (N-methyl/N-ethyl adjacent to an activating group) is 1. The minimum Gasteiger partial charge on any atom is -0.355 e. The molecular weight excluding hydrogens is 388 g/mol. The standard InChI is InChI=1S/C20H34N6O2S/c1-3-5-11-24(4-2)14-10-21-18(28)16-8-6-12-25(15-16)19-22-23-20(29-19)26-13-7-9-17(26)27/h16H,3-15H2,1-2H3,(H,21,28)/t16-/m1/s1. The highest BCUT2D eigenvalue weighted by molar-refractivity contribution is 7.19. The fourth-order valence-electron chi connectivity index (χ4n) is 3.95. The van der Waals surface area contributed by atoms with Crippen LogP contribution in [0.4, 0.5) is 10.3 Å². The molecule has 0 unspecified atom stereocenters. The van der Waals surface area contributed by atoms with Crippen molar-refractivity contribution >= 4 is 33.4 Å². The van der Waals surface area contributed by atoms with Gasteiger partial charge in [0.1, 0.15) is 0 Å². The van der Waals surface area contributed by atoms with E-state index in [9.17, 15) is 9.59 Å². The molecule has 9 heteroatoms. The molecule has 162 valence electrons. The zero-order valence-corrected chi connectivity index (χ0v) is 18.5. The van der Waals surface area contributed by atoms with Crippen molar-refractivity contribution in [3.63, 3.8) is 0 Å². The molecule has 29 heavy (non-hydrogen) atoms. The van der Waals surface area contributed by atoms with Crippen molar-refractivity contribution in [2.75, 3.05) is 55.6 Å². The van der Waals surface area contributed by atoms with Crippen LogP contribution in [0, 0.1) is 5.92 Å². The maximum atomic E-state index is 12.7. The zero-order chi connectivity index (χ0) is 20.6. The Bertz CT molecular complexity index is 682. The molecule has 1 atom stereocenters. The van der Waals surface area contributed by atoms with Crippen LogP contribution in [0.5, 0.6) is 0 Å². The highest BCUT2D eigenvalue weighted by atomic mass is 32.1. The van der Waals surface area contributed by atoms with Gasteiger partial charge in [-0.05, 0) is 38.8 Å². The second-order valence-electron chi connectivity index (χ2n) is 7.88.